The lowest BCUT2D eigenvalue weighted by Gasteiger charge is -2.29. The molecule has 0 spiro atoms. The van der Waals surface area contributed by atoms with Gasteiger partial charge in [-0.25, -0.2) is 4.98 Å². The van der Waals surface area contributed by atoms with Crippen LogP contribution in [0.1, 0.15) is 5.69 Å². The molecule has 5 rings (SSSR count). The molecule has 0 aromatic carbocycles. The summed E-state index contributed by atoms with van der Waals surface area (Å²) in [7, 11) is 0. The molecule has 2 N–H and O–H groups in total. The number of aryl methyl sites for hydroxylation is 1. The van der Waals surface area contributed by atoms with Gasteiger partial charge in [-0.15, -0.1) is 0 Å². The van der Waals surface area contributed by atoms with Gasteiger partial charge in [0, 0.05) is 54.9 Å². The van der Waals surface area contributed by atoms with E-state index in [2.05, 4.69) is 25.4 Å². The van der Waals surface area contributed by atoms with E-state index in [1.54, 1.807) is 12.4 Å². The minimum atomic E-state index is 0.698. The zero-order valence-corrected chi connectivity index (χ0v) is 15.5. The van der Waals surface area contributed by atoms with Crippen LogP contribution in [0.15, 0.2) is 42.7 Å². The molecule has 9 nitrogen and oxygen atoms in total. The Balaban J connectivity index is 1.61. The SMILES string of the molecule is Cc1cc(Nc2cc(N3CCOCC3)n3nc(-c4ccncc4)cc3n2)n[nH]1. The van der Waals surface area contributed by atoms with Gasteiger partial charge in [0.25, 0.3) is 0 Å². The molecule has 9 heteroatoms. The van der Waals surface area contributed by atoms with E-state index in [9.17, 15) is 0 Å². The molecule has 0 atom stereocenters. The zero-order chi connectivity index (χ0) is 18.9. The number of anilines is 3. The lowest BCUT2D eigenvalue weighted by molar-refractivity contribution is 0.122. The molecule has 0 aliphatic carbocycles. The Morgan fingerprint density at radius 2 is 1.89 bits per heavy atom. The molecule has 0 unspecified atom stereocenters. The van der Waals surface area contributed by atoms with Crippen LogP contribution in [0.2, 0.25) is 0 Å². The van der Waals surface area contributed by atoms with Gasteiger partial charge >= 0.3 is 0 Å². The molecule has 1 aliphatic heterocycles. The zero-order valence-electron chi connectivity index (χ0n) is 15.5. The molecular formula is C19H20N8O. The number of H-pyrrole nitrogens is 1. The average Bonchev–Trinajstić information content (AvgIpc) is 3.35. The molecule has 1 aliphatic rings. The van der Waals surface area contributed by atoms with E-state index >= 15 is 0 Å². The monoisotopic (exact) mass is 376 g/mol. The molecule has 0 bridgehead atoms. The Kier molecular flexibility index (Phi) is 4.13. The molecule has 4 aromatic heterocycles. The van der Waals surface area contributed by atoms with Crippen LogP contribution < -0.4 is 10.2 Å². The maximum atomic E-state index is 5.51. The summed E-state index contributed by atoms with van der Waals surface area (Å²) in [6, 6.07) is 9.83. The second-order valence-electron chi connectivity index (χ2n) is 6.70. The summed E-state index contributed by atoms with van der Waals surface area (Å²) < 4.78 is 7.40. The topological polar surface area (TPSA) is 96.3 Å². The first-order valence-corrected chi connectivity index (χ1v) is 9.19. The van der Waals surface area contributed by atoms with Crippen molar-refractivity contribution >= 4 is 23.1 Å². The predicted octanol–water partition coefficient (Wildman–Crippen LogP) is 2.40. The smallest absolute Gasteiger partial charge is 0.160 e. The minimum Gasteiger partial charge on any atom is -0.378 e. The molecule has 28 heavy (non-hydrogen) atoms. The number of aromatic nitrogens is 6. The van der Waals surface area contributed by atoms with Gasteiger partial charge < -0.3 is 15.0 Å². The molecule has 4 aromatic rings. The van der Waals surface area contributed by atoms with Crippen molar-refractivity contribution in [1.82, 2.24) is 29.8 Å². The summed E-state index contributed by atoms with van der Waals surface area (Å²) >= 11 is 0. The Labute approximate surface area is 161 Å². The molecule has 142 valence electrons. The number of aromatic amines is 1. The maximum Gasteiger partial charge on any atom is 0.160 e. The van der Waals surface area contributed by atoms with Crippen molar-refractivity contribution in [1.29, 1.82) is 0 Å². The van der Waals surface area contributed by atoms with Crippen molar-refractivity contribution in [2.45, 2.75) is 6.92 Å². The highest BCUT2D eigenvalue weighted by atomic mass is 16.5. The molecule has 1 saturated heterocycles. The summed E-state index contributed by atoms with van der Waals surface area (Å²) in [5.41, 5.74) is 3.62. The van der Waals surface area contributed by atoms with Crippen LogP contribution >= 0.6 is 0 Å². The van der Waals surface area contributed by atoms with Crippen molar-refractivity contribution < 1.29 is 4.74 Å². The van der Waals surface area contributed by atoms with Crippen molar-refractivity contribution in [2.75, 3.05) is 36.5 Å². The lowest BCUT2D eigenvalue weighted by atomic mass is 10.2. The molecule has 0 amide bonds. The third-order valence-electron chi connectivity index (χ3n) is 4.68. The lowest BCUT2D eigenvalue weighted by Crippen LogP contribution is -2.37. The maximum absolute atomic E-state index is 5.51. The number of pyridine rings is 1. The number of hydrogen-bond acceptors (Lipinski definition) is 7. The van der Waals surface area contributed by atoms with Crippen LogP contribution in [-0.4, -0.2) is 56.1 Å². The Hall–Kier alpha value is -3.46. The molecule has 0 radical (unpaired) electrons. The summed E-state index contributed by atoms with van der Waals surface area (Å²) in [6.07, 6.45) is 3.53. The third kappa shape index (κ3) is 3.16. The first-order valence-electron chi connectivity index (χ1n) is 9.19. The Morgan fingerprint density at radius 3 is 2.64 bits per heavy atom. The van der Waals surface area contributed by atoms with E-state index in [0.717, 1.165) is 53.1 Å². The fraction of sp³-hybridized carbons (Fsp3) is 0.263. The van der Waals surface area contributed by atoms with Crippen molar-refractivity contribution in [3.05, 3.63) is 48.4 Å². The van der Waals surface area contributed by atoms with Crippen molar-refractivity contribution in [2.24, 2.45) is 0 Å². The van der Waals surface area contributed by atoms with Crippen LogP contribution in [0, 0.1) is 6.92 Å². The van der Waals surface area contributed by atoms with Crippen LogP contribution in [0.5, 0.6) is 0 Å². The van der Waals surface area contributed by atoms with Gasteiger partial charge in [-0.3, -0.25) is 10.1 Å². The number of nitrogens with zero attached hydrogens (tertiary/aromatic N) is 6. The first-order chi connectivity index (χ1) is 13.8. The van der Waals surface area contributed by atoms with Gasteiger partial charge in [-0.1, -0.05) is 0 Å². The summed E-state index contributed by atoms with van der Waals surface area (Å²) in [4.78, 5) is 11.1. The number of nitrogens with one attached hydrogen (secondary N) is 2. The highest BCUT2D eigenvalue weighted by molar-refractivity contribution is 5.68. The summed E-state index contributed by atoms with van der Waals surface area (Å²) in [6.45, 7) is 4.98. The number of morpholine rings is 1. The van der Waals surface area contributed by atoms with Gasteiger partial charge in [0.2, 0.25) is 0 Å². The second-order valence-corrected chi connectivity index (χ2v) is 6.70. The number of ether oxygens (including phenoxy) is 1. The van der Waals surface area contributed by atoms with E-state index in [4.69, 9.17) is 14.8 Å². The Morgan fingerprint density at radius 1 is 1.07 bits per heavy atom. The second kappa shape index (κ2) is 6.93. The molecule has 5 heterocycles. The number of hydrogen-bond donors (Lipinski definition) is 2. The largest absolute Gasteiger partial charge is 0.378 e. The normalized spacial score (nSPS) is 14.5. The van der Waals surface area contributed by atoms with E-state index < -0.39 is 0 Å². The number of rotatable bonds is 4. The van der Waals surface area contributed by atoms with Gasteiger partial charge in [-0.05, 0) is 19.1 Å². The van der Waals surface area contributed by atoms with Crippen LogP contribution in [0.4, 0.5) is 17.5 Å². The molecule has 0 saturated carbocycles. The van der Waals surface area contributed by atoms with E-state index in [1.807, 2.05) is 41.8 Å². The molecular weight excluding hydrogens is 356 g/mol. The van der Waals surface area contributed by atoms with E-state index in [-0.39, 0.29) is 0 Å². The minimum absolute atomic E-state index is 0.698. The number of fused-ring (bicyclic) bond motifs is 1. The van der Waals surface area contributed by atoms with Gasteiger partial charge in [-0.2, -0.15) is 14.7 Å². The van der Waals surface area contributed by atoms with E-state index in [1.165, 1.54) is 0 Å². The third-order valence-corrected chi connectivity index (χ3v) is 4.68. The average molecular weight is 376 g/mol. The fourth-order valence-electron chi connectivity index (χ4n) is 3.32. The van der Waals surface area contributed by atoms with Crippen LogP contribution in [0.3, 0.4) is 0 Å². The van der Waals surface area contributed by atoms with E-state index in [0.29, 0.717) is 13.2 Å². The van der Waals surface area contributed by atoms with Gasteiger partial charge in [0.1, 0.15) is 11.6 Å². The highest BCUT2D eigenvalue weighted by Crippen LogP contribution is 2.26. The Bertz CT molecular complexity index is 1100. The van der Waals surface area contributed by atoms with Gasteiger partial charge in [0.15, 0.2) is 11.5 Å². The first kappa shape index (κ1) is 16.7. The van der Waals surface area contributed by atoms with Crippen molar-refractivity contribution in [3.63, 3.8) is 0 Å². The predicted molar refractivity (Wildman–Crippen MR) is 106 cm³/mol. The van der Waals surface area contributed by atoms with Gasteiger partial charge in [0.05, 0.1) is 18.9 Å². The summed E-state index contributed by atoms with van der Waals surface area (Å²) in [5.74, 6) is 2.43. The summed E-state index contributed by atoms with van der Waals surface area (Å²) in [5, 5.41) is 15.3. The van der Waals surface area contributed by atoms with Crippen molar-refractivity contribution in [3.8, 4) is 11.3 Å². The van der Waals surface area contributed by atoms with Crippen LogP contribution in [-0.2, 0) is 4.74 Å². The molecule has 1 fully saturated rings. The quantitative estimate of drug-likeness (QED) is 0.564. The standard InChI is InChI=1S/C19H20N8O/c1-13-10-17(24-23-13)21-16-12-19(26-6-8-28-9-7-26)27-18(22-16)11-15(25-27)14-2-4-20-5-3-14/h2-5,10-12H,6-9H2,1H3,(H2,21,22,23,24). The fourth-order valence-corrected chi connectivity index (χ4v) is 3.32. The van der Waals surface area contributed by atoms with Crippen LogP contribution in [0.25, 0.3) is 16.9 Å². The highest BCUT2D eigenvalue weighted by Gasteiger charge is 2.18.